The zero-order valence-electron chi connectivity index (χ0n) is 10.6. The second-order valence-corrected chi connectivity index (χ2v) is 8.22. The van der Waals surface area contributed by atoms with E-state index in [1.54, 1.807) is 8.56 Å². The second-order valence-electron chi connectivity index (χ2n) is 4.48. The predicted molar refractivity (Wildman–Crippen MR) is 72.2 cm³/mol. The van der Waals surface area contributed by atoms with Crippen molar-refractivity contribution in [3.8, 4) is 0 Å². The van der Waals surface area contributed by atoms with Crippen molar-refractivity contribution in [2.45, 2.75) is 37.7 Å². The van der Waals surface area contributed by atoms with Gasteiger partial charge in [-0.2, -0.15) is 0 Å². The van der Waals surface area contributed by atoms with Crippen LogP contribution in [0.4, 0.5) is 0 Å². The van der Waals surface area contributed by atoms with Crippen LogP contribution < -0.4 is 4.28 Å². The molecule has 0 nitrogen and oxygen atoms in total. The van der Waals surface area contributed by atoms with Gasteiger partial charge in [-0.25, -0.2) is 0 Å². The molecule has 0 atom stereocenters. The van der Waals surface area contributed by atoms with E-state index >= 15 is 0 Å². The van der Waals surface area contributed by atoms with Gasteiger partial charge in [0, 0.05) is 0 Å². The molecule has 1 aromatic carbocycles. The van der Waals surface area contributed by atoms with E-state index in [1.165, 1.54) is 30.8 Å². The molecule has 1 aliphatic carbocycles. The first-order valence-electron chi connectivity index (χ1n) is 6.60. The topological polar surface area (TPSA) is 0 Å². The van der Waals surface area contributed by atoms with Crippen LogP contribution in [-0.2, 0) is 15.2 Å². The molecule has 0 radical (unpaired) electrons. The third-order valence-corrected chi connectivity index (χ3v) is 7.38. The second kappa shape index (κ2) is 6.88. The van der Waals surface area contributed by atoms with E-state index in [1.807, 2.05) is 0 Å². The van der Waals surface area contributed by atoms with Gasteiger partial charge >= 0.3 is 110 Å². The van der Waals surface area contributed by atoms with E-state index in [0.29, 0.717) is 0 Å². The fourth-order valence-corrected chi connectivity index (χ4v) is 6.17. The van der Waals surface area contributed by atoms with Crippen LogP contribution >= 0.6 is 0 Å². The molecule has 0 spiro atoms. The SMILES string of the molecule is CCCC[CH2][V]([C]1=CC=CC1)[c]1ccccc1. The average molecular weight is 264 g/mol. The van der Waals surface area contributed by atoms with Gasteiger partial charge in [-0.3, -0.25) is 0 Å². The standard InChI is InChI=1S/C6H5.C5H5.C5H11.V/c1-2-4-6-5-3-1;1-2-4-5-3-1;1-3-5-4-2;/h1-5H;1-3H,4H2;1,3-5H2,2H3;. The molecule has 0 amide bonds. The summed E-state index contributed by atoms with van der Waals surface area (Å²) in [5, 5.41) is 1.44. The van der Waals surface area contributed by atoms with Crippen LogP contribution in [0.2, 0.25) is 5.13 Å². The van der Waals surface area contributed by atoms with Crippen molar-refractivity contribution in [3.63, 3.8) is 0 Å². The fraction of sp³-hybridized carbons (Fsp3) is 0.375. The molecule has 1 aromatic rings. The van der Waals surface area contributed by atoms with Crippen molar-refractivity contribution in [3.05, 3.63) is 52.8 Å². The van der Waals surface area contributed by atoms with Gasteiger partial charge in [0.2, 0.25) is 0 Å². The van der Waals surface area contributed by atoms with Gasteiger partial charge in [-0.1, -0.05) is 0 Å². The Morgan fingerprint density at radius 2 is 1.94 bits per heavy atom. The molecule has 1 aliphatic rings. The molecule has 0 unspecified atom stereocenters. The van der Waals surface area contributed by atoms with Crippen LogP contribution in [0.1, 0.15) is 32.6 Å². The van der Waals surface area contributed by atoms with E-state index in [0.717, 1.165) is 0 Å². The van der Waals surface area contributed by atoms with E-state index in [2.05, 4.69) is 55.5 Å². The van der Waals surface area contributed by atoms with Crippen LogP contribution in [-0.4, -0.2) is 0 Å². The number of unbranched alkanes of at least 4 members (excludes halogenated alkanes) is 2. The third-order valence-electron chi connectivity index (χ3n) is 3.15. The Bertz CT molecular complexity index is 389. The van der Waals surface area contributed by atoms with Gasteiger partial charge in [0.25, 0.3) is 0 Å². The number of rotatable bonds is 6. The molecule has 0 N–H and O–H groups in total. The zero-order chi connectivity index (χ0) is 11.9. The Balaban J connectivity index is 2.07. The summed E-state index contributed by atoms with van der Waals surface area (Å²) >= 11 is -0.953. The Morgan fingerprint density at radius 3 is 2.59 bits per heavy atom. The van der Waals surface area contributed by atoms with Crippen molar-refractivity contribution < 1.29 is 15.2 Å². The van der Waals surface area contributed by atoms with Gasteiger partial charge in [0.15, 0.2) is 0 Å². The van der Waals surface area contributed by atoms with Crippen molar-refractivity contribution in [2.24, 2.45) is 0 Å². The molecule has 1 heteroatoms. The Labute approximate surface area is 110 Å². The molecule has 0 heterocycles. The fourth-order valence-electron chi connectivity index (χ4n) is 2.20. The molecule has 0 saturated heterocycles. The van der Waals surface area contributed by atoms with Gasteiger partial charge in [0.1, 0.15) is 0 Å². The van der Waals surface area contributed by atoms with Crippen LogP contribution in [0.5, 0.6) is 0 Å². The summed E-state index contributed by atoms with van der Waals surface area (Å²) < 4.78 is 3.37. The average Bonchev–Trinajstić information content (AvgIpc) is 2.89. The summed E-state index contributed by atoms with van der Waals surface area (Å²) in [5.41, 5.74) is 0. The van der Waals surface area contributed by atoms with Crippen molar-refractivity contribution in [1.82, 2.24) is 0 Å². The summed E-state index contributed by atoms with van der Waals surface area (Å²) in [6.45, 7) is 2.29. The normalized spacial score (nSPS) is 14.4. The molecule has 0 saturated carbocycles. The van der Waals surface area contributed by atoms with Gasteiger partial charge in [-0.15, -0.1) is 0 Å². The minimum absolute atomic E-state index is 0.953. The van der Waals surface area contributed by atoms with Crippen LogP contribution in [0.3, 0.4) is 0 Å². The number of hydrogen-bond donors (Lipinski definition) is 0. The first-order valence-corrected chi connectivity index (χ1v) is 8.98. The van der Waals surface area contributed by atoms with Gasteiger partial charge in [0.05, 0.1) is 0 Å². The van der Waals surface area contributed by atoms with E-state index < -0.39 is 15.2 Å². The first kappa shape index (κ1) is 12.7. The Morgan fingerprint density at radius 1 is 1.12 bits per heavy atom. The van der Waals surface area contributed by atoms with Gasteiger partial charge in [-0.05, 0) is 0 Å². The molecule has 17 heavy (non-hydrogen) atoms. The molecule has 0 aromatic heterocycles. The summed E-state index contributed by atoms with van der Waals surface area (Å²) in [5.74, 6) is 0. The summed E-state index contributed by atoms with van der Waals surface area (Å²) in [6.07, 6.45) is 12.2. The van der Waals surface area contributed by atoms with E-state index in [4.69, 9.17) is 0 Å². The molecular weight excluding hydrogens is 243 g/mol. The van der Waals surface area contributed by atoms with Crippen molar-refractivity contribution >= 4 is 4.28 Å². The summed E-state index contributed by atoms with van der Waals surface area (Å²) in [4.78, 5) is 0. The van der Waals surface area contributed by atoms with E-state index in [-0.39, 0.29) is 0 Å². The molecule has 0 aliphatic heterocycles. The number of allylic oxidation sites excluding steroid dienone is 4. The van der Waals surface area contributed by atoms with Crippen molar-refractivity contribution in [2.75, 3.05) is 0 Å². The number of hydrogen-bond acceptors (Lipinski definition) is 0. The maximum atomic E-state index is 2.37. The van der Waals surface area contributed by atoms with Crippen LogP contribution in [0.15, 0.2) is 52.8 Å². The molecule has 0 fully saturated rings. The predicted octanol–water partition coefficient (Wildman–Crippen LogP) is 4.38. The molecule has 0 bridgehead atoms. The molecule has 2 rings (SSSR count). The van der Waals surface area contributed by atoms with E-state index in [9.17, 15) is 0 Å². The van der Waals surface area contributed by atoms with Crippen molar-refractivity contribution in [1.29, 1.82) is 0 Å². The minimum atomic E-state index is -0.953. The molecular formula is C16H21V. The van der Waals surface area contributed by atoms with Crippen LogP contribution in [0, 0.1) is 0 Å². The first-order chi connectivity index (χ1) is 8.42. The van der Waals surface area contributed by atoms with Crippen LogP contribution in [0.25, 0.3) is 0 Å². The summed E-state index contributed by atoms with van der Waals surface area (Å²) in [7, 11) is 0. The Hall–Kier alpha value is -0.716. The quantitative estimate of drug-likeness (QED) is 0.669. The number of benzene rings is 1. The monoisotopic (exact) mass is 264 g/mol. The maximum absolute atomic E-state index is 2.37. The molecule has 90 valence electrons. The zero-order valence-corrected chi connectivity index (χ0v) is 12.0. The van der Waals surface area contributed by atoms with Gasteiger partial charge < -0.3 is 0 Å². The summed E-state index contributed by atoms with van der Waals surface area (Å²) in [6, 6.07) is 11.2. The Kier molecular flexibility index (Phi) is 5.16. The third kappa shape index (κ3) is 3.62.